The predicted molar refractivity (Wildman–Crippen MR) is 93.9 cm³/mol. The van der Waals surface area contributed by atoms with Crippen LogP contribution in [0, 0.1) is 5.41 Å². The minimum atomic E-state index is -4.84. The average Bonchev–Trinajstić information content (AvgIpc) is 3.39. The standard InChI is InChI=1S/C19H19F3N2O6/c1-17(2,3)29-16(28)23-12(18(8-9-18)19(20,21)22)15(27)30-24-13(25)10-6-4-5-7-11(10)14(24)26/h4-7,12H,8-9H2,1-3H3,(H,23,28). The Hall–Kier alpha value is -3.11. The number of fused-ring (bicyclic) bond motifs is 1. The van der Waals surface area contributed by atoms with Crippen molar-refractivity contribution in [3.05, 3.63) is 35.4 Å². The molecule has 1 aromatic rings. The average molecular weight is 428 g/mol. The number of hydroxylamine groups is 2. The first-order valence-electron chi connectivity index (χ1n) is 9.03. The summed E-state index contributed by atoms with van der Waals surface area (Å²) in [7, 11) is 0. The Morgan fingerprint density at radius 2 is 1.57 bits per heavy atom. The number of amides is 3. The summed E-state index contributed by atoms with van der Waals surface area (Å²) in [5, 5.41) is 2.00. The van der Waals surface area contributed by atoms with Crippen LogP contribution < -0.4 is 5.32 Å². The van der Waals surface area contributed by atoms with Gasteiger partial charge < -0.3 is 14.9 Å². The van der Waals surface area contributed by atoms with E-state index in [2.05, 4.69) is 0 Å². The molecule has 30 heavy (non-hydrogen) atoms. The van der Waals surface area contributed by atoms with Crippen molar-refractivity contribution in [1.29, 1.82) is 0 Å². The Morgan fingerprint density at radius 3 is 1.97 bits per heavy atom. The van der Waals surface area contributed by atoms with Crippen LogP contribution >= 0.6 is 0 Å². The Balaban J connectivity index is 1.84. The van der Waals surface area contributed by atoms with Crippen LogP contribution in [0.2, 0.25) is 0 Å². The highest BCUT2D eigenvalue weighted by Gasteiger charge is 2.70. The van der Waals surface area contributed by atoms with Gasteiger partial charge in [-0.2, -0.15) is 13.2 Å². The molecule has 0 radical (unpaired) electrons. The maximum atomic E-state index is 13.6. The molecule has 1 unspecified atom stereocenters. The summed E-state index contributed by atoms with van der Waals surface area (Å²) >= 11 is 0. The number of alkyl carbamates (subject to hydrolysis) is 1. The quantitative estimate of drug-likeness (QED) is 0.740. The second-order valence-corrected chi connectivity index (χ2v) is 8.09. The lowest BCUT2D eigenvalue weighted by molar-refractivity contribution is -0.209. The highest BCUT2D eigenvalue weighted by molar-refractivity contribution is 6.21. The number of carbonyl (C=O) groups is 4. The number of rotatable bonds is 4. The summed E-state index contributed by atoms with van der Waals surface area (Å²) in [6, 6.07) is 3.39. The van der Waals surface area contributed by atoms with Crippen LogP contribution in [0.1, 0.15) is 54.3 Å². The van der Waals surface area contributed by atoms with Gasteiger partial charge >= 0.3 is 18.2 Å². The molecule has 1 atom stereocenters. The molecule has 1 aromatic carbocycles. The molecule has 1 aliphatic carbocycles. The van der Waals surface area contributed by atoms with Gasteiger partial charge in [0.15, 0.2) is 0 Å². The number of alkyl halides is 3. The van der Waals surface area contributed by atoms with Crippen LogP contribution in [0.25, 0.3) is 0 Å². The molecule has 2 aliphatic rings. The molecule has 1 fully saturated rings. The second kappa shape index (κ2) is 6.99. The largest absolute Gasteiger partial charge is 0.444 e. The third kappa shape index (κ3) is 3.83. The molecular formula is C19H19F3N2O6. The van der Waals surface area contributed by atoms with Gasteiger partial charge in [-0.05, 0) is 45.7 Å². The van der Waals surface area contributed by atoms with Crippen molar-refractivity contribution < 1.29 is 41.9 Å². The van der Waals surface area contributed by atoms with Crippen molar-refractivity contribution >= 4 is 23.9 Å². The van der Waals surface area contributed by atoms with Crippen LogP contribution in [-0.2, 0) is 14.4 Å². The lowest BCUT2D eigenvalue weighted by Crippen LogP contribution is -2.55. The number of hydrogen-bond acceptors (Lipinski definition) is 6. The third-order valence-corrected chi connectivity index (χ3v) is 4.74. The van der Waals surface area contributed by atoms with Crippen LogP contribution in [0.5, 0.6) is 0 Å². The van der Waals surface area contributed by atoms with E-state index in [0.717, 1.165) is 0 Å². The molecule has 0 saturated heterocycles. The minimum absolute atomic E-state index is 0.0519. The molecule has 8 nitrogen and oxygen atoms in total. The smallest absolute Gasteiger partial charge is 0.408 e. The Morgan fingerprint density at radius 1 is 1.07 bits per heavy atom. The Labute approximate surface area is 169 Å². The van der Waals surface area contributed by atoms with Gasteiger partial charge in [-0.3, -0.25) is 9.59 Å². The summed E-state index contributed by atoms with van der Waals surface area (Å²) in [5.74, 6) is -3.57. The molecule has 11 heteroatoms. The van der Waals surface area contributed by atoms with Gasteiger partial charge in [0.05, 0.1) is 16.5 Å². The summed E-state index contributed by atoms with van der Waals surface area (Å²) in [6.07, 6.45) is -6.97. The first-order chi connectivity index (χ1) is 13.8. The predicted octanol–water partition coefficient (Wildman–Crippen LogP) is 2.98. The number of ether oxygens (including phenoxy) is 1. The fraction of sp³-hybridized carbons (Fsp3) is 0.474. The minimum Gasteiger partial charge on any atom is -0.444 e. The summed E-state index contributed by atoms with van der Waals surface area (Å²) in [4.78, 5) is 54.1. The zero-order valence-corrected chi connectivity index (χ0v) is 16.3. The van der Waals surface area contributed by atoms with E-state index in [4.69, 9.17) is 9.57 Å². The van der Waals surface area contributed by atoms with Crippen molar-refractivity contribution in [2.45, 2.75) is 51.4 Å². The highest BCUT2D eigenvalue weighted by atomic mass is 19.4. The molecule has 3 rings (SSSR count). The Bertz CT molecular complexity index is 883. The molecule has 3 amide bonds. The molecule has 0 spiro atoms. The Kier molecular flexibility index (Phi) is 5.03. The normalized spacial score (nSPS) is 18.5. The monoisotopic (exact) mass is 428 g/mol. The number of imide groups is 1. The van der Waals surface area contributed by atoms with E-state index in [1.54, 1.807) is 0 Å². The van der Waals surface area contributed by atoms with Gasteiger partial charge in [0.25, 0.3) is 11.8 Å². The van der Waals surface area contributed by atoms with Gasteiger partial charge in [-0.15, -0.1) is 0 Å². The van der Waals surface area contributed by atoms with Crippen LogP contribution in [0.3, 0.4) is 0 Å². The number of carbonyl (C=O) groups excluding carboxylic acids is 4. The first kappa shape index (κ1) is 21.6. The molecule has 1 N–H and O–H groups in total. The topological polar surface area (TPSA) is 102 Å². The molecule has 162 valence electrons. The molecule has 0 bridgehead atoms. The van der Waals surface area contributed by atoms with Gasteiger partial charge in [0.1, 0.15) is 11.6 Å². The van der Waals surface area contributed by atoms with E-state index in [1.165, 1.54) is 45.0 Å². The number of benzene rings is 1. The van der Waals surface area contributed by atoms with E-state index in [9.17, 15) is 32.3 Å². The lowest BCUT2D eigenvalue weighted by atomic mass is 9.95. The van der Waals surface area contributed by atoms with E-state index in [-0.39, 0.29) is 16.2 Å². The van der Waals surface area contributed by atoms with Crippen molar-refractivity contribution in [2.75, 3.05) is 0 Å². The number of hydrogen-bond donors (Lipinski definition) is 1. The van der Waals surface area contributed by atoms with Crippen LogP contribution in [0.15, 0.2) is 24.3 Å². The van der Waals surface area contributed by atoms with Gasteiger partial charge in [-0.1, -0.05) is 17.2 Å². The van der Waals surface area contributed by atoms with Crippen molar-refractivity contribution in [3.8, 4) is 0 Å². The van der Waals surface area contributed by atoms with Gasteiger partial charge in [0.2, 0.25) is 0 Å². The zero-order chi connectivity index (χ0) is 22.5. The highest BCUT2D eigenvalue weighted by Crippen LogP contribution is 2.60. The molecule has 1 heterocycles. The van der Waals surface area contributed by atoms with Gasteiger partial charge in [-0.25, -0.2) is 9.59 Å². The number of nitrogens with one attached hydrogen (secondary N) is 1. The number of nitrogens with zero attached hydrogens (tertiary/aromatic N) is 1. The summed E-state index contributed by atoms with van der Waals surface area (Å²) in [5.41, 5.74) is -3.71. The van der Waals surface area contributed by atoms with E-state index in [1.807, 2.05) is 5.32 Å². The zero-order valence-electron chi connectivity index (χ0n) is 16.3. The van der Waals surface area contributed by atoms with E-state index in [0.29, 0.717) is 0 Å². The fourth-order valence-corrected chi connectivity index (χ4v) is 3.11. The van der Waals surface area contributed by atoms with E-state index < -0.39 is 60.0 Å². The fourth-order valence-electron chi connectivity index (χ4n) is 3.11. The molecule has 1 saturated carbocycles. The molecule has 0 aromatic heterocycles. The molecular weight excluding hydrogens is 409 g/mol. The second-order valence-electron chi connectivity index (χ2n) is 8.09. The SMILES string of the molecule is CC(C)(C)OC(=O)NC(C(=O)ON1C(=O)c2ccccc2C1=O)C1(C(F)(F)F)CC1. The summed E-state index contributed by atoms with van der Waals surface area (Å²) < 4.78 is 45.8. The van der Waals surface area contributed by atoms with Crippen LogP contribution in [0.4, 0.5) is 18.0 Å². The third-order valence-electron chi connectivity index (χ3n) is 4.74. The molecule has 1 aliphatic heterocycles. The maximum absolute atomic E-state index is 13.6. The first-order valence-corrected chi connectivity index (χ1v) is 9.03. The maximum Gasteiger partial charge on any atom is 0.408 e. The lowest BCUT2D eigenvalue weighted by Gasteiger charge is -2.29. The van der Waals surface area contributed by atoms with Crippen molar-refractivity contribution in [2.24, 2.45) is 5.41 Å². The van der Waals surface area contributed by atoms with Crippen LogP contribution in [-0.4, -0.2) is 46.8 Å². The van der Waals surface area contributed by atoms with Crippen molar-refractivity contribution in [1.82, 2.24) is 10.4 Å². The van der Waals surface area contributed by atoms with E-state index >= 15 is 0 Å². The summed E-state index contributed by atoms with van der Waals surface area (Å²) in [6.45, 7) is 4.49. The number of halogens is 3. The van der Waals surface area contributed by atoms with Gasteiger partial charge in [0, 0.05) is 0 Å². The van der Waals surface area contributed by atoms with Crippen molar-refractivity contribution in [3.63, 3.8) is 0 Å².